The lowest BCUT2D eigenvalue weighted by Gasteiger charge is -2.29. The molecule has 106 valence electrons. The standard InChI is InChI=1S/C11H15NO5S2/c1-7-5-17-3-2-9(7)12-19(15,16)8-4-10(11(13)14)18-6-8/h4,6-7,9,12H,2-3,5H2,1H3,(H,13,14). The molecule has 1 aromatic heterocycles. The minimum absolute atomic E-state index is 0.00796. The minimum atomic E-state index is -3.66. The summed E-state index contributed by atoms with van der Waals surface area (Å²) >= 11 is 0.904. The van der Waals surface area contributed by atoms with Crippen LogP contribution in [-0.2, 0) is 14.8 Å². The van der Waals surface area contributed by atoms with Crippen LogP contribution >= 0.6 is 11.3 Å². The molecule has 6 nitrogen and oxygen atoms in total. The van der Waals surface area contributed by atoms with Gasteiger partial charge in [-0.2, -0.15) is 0 Å². The maximum Gasteiger partial charge on any atom is 0.345 e. The fourth-order valence-corrected chi connectivity index (χ4v) is 4.38. The third-order valence-corrected chi connectivity index (χ3v) is 5.58. The number of sulfonamides is 1. The first-order valence-corrected chi connectivity index (χ1v) is 8.18. The lowest BCUT2D eigenvalue weighted by atomic mass is 9.99. The Morgan fingerprint density at radius 1 is 1.58 bits per heavy atom. The highest BCUT2D eigenvalue weighted by Crippen LogP contribution is 2.22. The number of aromatic carboxylic acids is 1. The van der Waals surface area contributed by atoms with Crippen LogP contribution in [0.1, 0.15) is 23.0 Å². The quantitative estimate of drug-likeness (QED) is 0.870. The summed E-state index contributed by atoms with van der Waals surface area (Å²) in [4.78, 5) is 10.8. The molecule has 2 atom stereocenters. The Kier molecular flexibility index (Phi) is 4.24. The highest BCUT2D eigenvalue weighted by molar-refractivity contribution is 7.89. The van der Waals surface area contributed by atoms with Crippen molar-refractivity contribution in [2.24, 2.45) is 5.92 Å². The molecule has 0 bridgehead atoms. The number of ether oxygens (including phenoxy) is 1. The fourth-order valence-electron chi connectivity index (χ4n) is 1.89. The number of thiophene rings is 1. The zero-order valence-corrected chi connectivity index (χ0v) is 12.0. The number of hydrogen-bond acceptors (Lipinski definition) is 5. The van der Waals surface area contributed by atoms with Crippen LogP contribution in [0.5, 0.6) is 0 Å². The van der Waals surface area contributed by atoms with Crippen molar-refractivity contribution in [3.8, 4) is 0 Å². The second-order valence-electron chi connectivity index (χ2n) is 4.52. The topological polar surface area (TPSA) is 92.7 Å². The molecule has 8 heteroatoms. The maximum atomic E-state index is 12.1. The van der Waals surface area contributed by atoms with E-state index in [2.05, 4.69) is 4.72 Å². The first-order chi connectivity index (χ1) is 8.90. The number of carbonyl (C=O) groups is 1. The molecule has 1 fully saturated rings. The molecule has 0 radical (unpaired) electrons. The molecule has 19 heavy (non-hydrogen) atoms. The third-order valence-electron chi connectivity index (χ3n) is 3.04. The van der Waals surface area contributed by atoms with E-state index in [1.807, 2.05) is 6.92 Å². The number of nitrogens with one attached hydrogen (secondary N) is 1. The molecule has 2 rings (SSSR count). The van der Waals surface area contributed by atoms with Crippen LogP contribution in [0.2, 0.25) is 0 Å². The van der Waals surface area contributed by atoms with Gasteiger partial charge in [0.15, 0.2) is 0 Å². The Morgan fingerprint density at radius 3 is 2.89 bits per heavy atom. The van der Waals surface area contributed by atoms with Gasteiger partial charge < -0.3 is 9.84 Å². The van der Waals surface area contributed by atoms with E-state index < -0.39 is 16.0 Å². The van der Waals surface area contributed by atoms with Crippen LogP contribution < -0.4 is 4.72 Å². The molecule has 1 aliphatic heterocycles. The molecule has 2 heterocycles. The third kappa shape index (κ3) is 3.33. The van der Waals surface area contributed by atoms with Crippen molar-refractivity contribution in [2.75, 3.05) is 13.2 Å². The van der Waals surface area contributed by atoms with Gasteiger partial charge in [-0.05, 0) is 18.4 Å². The van der Waals surface area contributed by atoms with E-state index in [-0.39, 0.29) is 21.7 Å². The molecule has 0 aromatic carbocycles. The largest absolute Gasteiger partial charge is 0.477 e. The molecule has 1 aromatic rings. The van der Waals surface area contributed by atoms with Crippen LogP contribution in [0.3, 0.4) is 0 Å². The lowest BCUT2D eigenvalue weighted by Crippen LogP contribution is -2.44. The molecular formula is C11H15NO5S2. The summed E-state index contributed by atoms with van der Waals surface area (Å²) in [6, 6.07) is 1.01. The molecule has 1 aliphatic rings. The van der Waals surface area contributed by atoms with E-state index >= 15 is 0 Å². The second kappa shape index (κ2) is 5.58. The second-order valence-corrected chi connectivity index (χ2v) is 7.15. The number of hydrogen-bond donors (Lipinski definition) is 2. The van der Waals surface area contributed by atoms with Crippen molar-refractivity contribution in [3.63, 3.8) is 0 Å². The van der Waals surface area contributed by atoms with E-state index in [1.165, 1.54) is 11.4 Å². The predicted octanol–water partition coefficient (Wildman–Crippen LogP) is 1.15. The summed E-state index contributed by atoms with van der Waals surface area (Å²) in [5.41, 5.74) is 0. The van der Waals surface area contributed by atoms with Gasteiger partial charge in [-0.25, -0.2) is 17.9 Å². The van der Waals surface area contributed by atoms with Gasteiger partial charge in [0.1, 0.15) is 4.88 Å². The fraction of sp³-hybridized carbons (Fsp3) is 0.545. The van der Waals surface area contributed by atoms with Crippen molar-refractivity contribution in [1.29, 1.82) is 0 Å². The first kappa shape index (κ1) is 14.4. The summed E-state index contributed by atoms with van der Waals surface area (Å²) in [6.07, 6.45) is 0.621. The van der Waals surface area contributed by atoms with Crippen molar-refractivity contribution < 1.29 is 23.1 Å². The Morgan fingerprint density at radius 2 is 2.32 bits per heavy atom. The number of carboxylic acids is 1. The SMILES string of the molecule is CC1COCCC1NS(=O)(=O)c1csc(C(=O)O)c1. The predicted molar refractivity (Wildman–Crippen MR) is 70.0 cm³/mol. The van der Waals surface area contributed by atoms with Crippen LogP contribution in [0.25, 0.3) is 0 Å². The van der Waals surface area contributed by atoms with E-state index in [1.54, 1.807) is 0 Å². The van der Waals surface area contributed by atoms with E-state index in [4.69, 9.17) is 9.84 Å². The van der Waals surface area contributed by atoms with Gasteiger partial charge >= 0.3 is 5.97 Å². The summed E-state index contributed by atoms with van der Waals surface area (Å²) in [5, 5.41) is 10.1. The van der Waals surface area contributed by atoms with Crippen LogP contribution in [0.15, 0.2) is 16.3 Å². The monoisotopic (exact) mass is 305 g/mol. The lowest BCUT2D eigenvalue weighted by molar-refractivity contribution is 0.0450. The van der Waals surface area contributed by atoms with Gasteiger partial charge in [0.2, 0.25) is 10.0 Å². The Balaban J connectivity index is 2.15. The van der Waals surface area contributed by atoms with E-state index in [0.29, 0.717) is 19.6 Å². The molecular weight excluding hydrogens is 290 g/mol. The molecule has 0 aliphatic carbocycles. The van der Waals surface area contributed by atoms with Crippen molar-refractivity contribution in [3.05, 3.63) is 16.3 Å². The van der Waals surface area contributed by atoms with Crippen molar-refractivity contribution in [1.82, 2.24) is 4.72 Å². The Labute approximate surface area is 115 Å². The zero-order chi connectivity index (χ0) is 14.0. The van der Waals surface area contributed by atoms with E-state index in [0.717, 1.165) is 11.3 Å². The van der Waals surface area contributed by atoms with Gasteiger partial charge in [0.25, 0.3) is 0 Å². The highest BCUT2D eigenvalue weighted by atomic mass is 32.2. The highest BCUT2D eigenvalue weighted by Gasteiger charge is 2.28. The average Bonchev–Trinajstić information content (AvgIpc) is 2.82. The van der Waals surface area contributed by atoms with Gasteiger partial charge in [0, 0.05) is 18.0 Å². The minimum Gasteiger partial charge on any atom is -0.477 e. The van der Waals surface area contributed by atoms with Gasteiger partial charge in [-0.1, -0.05) is 6.92 Å². The summed E-state index contributed by atoms with van der Waals surface area (Å²) in [5.74, 6) is -1.02. The number of rotatable bonds is 4. The first-order valence-electron chi connectivity index (χ1n) is 5.82. The molecule has 0 saturated carbocycles. The van der Waals surface area contributed by atoms with Crippen LogP contribution in [-0.4, -0.2) is 38.7 Å². The van der Waals surface area contributed by atoms with Gasteiger partial charge in [-0.3, -0.25) is 0 Å². The summed E-state index contributed by atoms with van der Waals surface area (Å²) in [6.45, 7) is 2.97. The van der Waals surface area contributed by atoms with Gasteiger partial charge in [-0.15, -0.1) is 11.3 Å². The number of carboxylic acid groups (broad SMARTS) is 1. The molecule has 1 saturated heterocycles. The van der Waals surface area contributed by atoms with Crippen molar-refractivity contribution >= 4 is 27.3 Å². The molecule has 2 unspecified atom stereocenters. The van der Waals surface area contributed by atoms with E-state index in [9.17, 15) is 13.2 Å². The average molecular weight is 305 g/mol. The van der Waals surface area contributed by atoms with Crippen molar-refractivity contribution in [2.45, 2.75) is 24.3 Å². The summed E-state index contributed by atoms with van der Waals surface area (Å²) in [7, 11) is -3.66. The molecule has 0 amide bonds. The molecule has 2 N–H and O–H groups in total. The van der Waals surface area contributed by atoms with Crippen LogP contribution in [0.4, 0.5) is 0 Å². The maximum absolute atomic E-state index is 12.1. The normalized spacial score (nSPS) is 24.3. The Bertz CT molecular complexity index is 565. The summed E-state index contributed by atoms with van der Waals surface area (Å²) < 4.78 is 32.2. The Hall–Kier alpha value is -0.960. The smallest absolute Gasteiger partial charge is 0.345 e. The van der Waals surface area contributed by atoms with Crippen LogP contribution in [0, 0.1) is 5.92 Å². The van der Waals surface area contributed by atoms with Gasteiger partial charge in [0.05, 0.1) is 11.5 Å². The molecule has 0 spiro atoms. The zero-order valence-electron chi connectivity index (χ0n) is 10.3.